The molecule has 0 bridgehead atoms. The highest BCUT2D eigenvalue weighted by Crippen LogP contribution is 2.10. The van der Waals surface area contributed by atoms with E-state index in [1.807, 2.05) is 13.8 Å². The molecule has 20 heavy (non-hydrogen) atoms. The van der Waals surface area contributed by atoms with Gasteiger partial charge >= 0.3 is 0 Å². The third kappa shape index (κ3) is 4.06. The minimum atomic E-state index is -0.0608. The second-order valence-electron chi connectivity index (χ2n) is 4.67. The summed E-state index contributed by atoms with van der Waals surface area (Å²) in [6, 6.07) is 5.69. The molecule has 0 spiro atoms. The Morgan fingerprint density at radius 2 is 2.30 bits per heavy atom. The Morgan fingerprint density at radius 3 is 3.00 bits per heavy atom. The van der Waals surface area contributed by atoms with E-state index >= 15 is 0 Å². The number of amides is 1. The summed E-state index contributed by atoms with van der Waals surface area (Å²) in [6.45, 7) is 4.80. The number of thiophene rings is 1. The van der Waals surface area contributed by atoms with Crippen LogP contribution in [0.1, 0.15) is 29.8 Å². The van der Waals surface area contributed by atoms with Gasteiger partial charge in [0, 0.05) is 24.3 Å². The van der Waals surface area contributed by atoms with Gasteiger partial charge in [-0.15, -0.1) is 0 Å². The number of anilines is 1. The van der Waals surface area contributed by atoms with Gasteiger partial charge in [-0.3, -0.25) is 4.79 Å². The predicted molar refractivity (Wildman–Crippen MR) is 83.4 cm³/mol. The lowest BCUT2D eigenvalue weighted by molar-refractivity contribution is 0.0940. The van der Waals surface area contributed by atoms with E-state index in [1.165, 1.54) is 5.56 Å². The minimum Gasteiger partial charge on any atom is -0.370 e. The maximum atomic E-state index is 12.2. The van der Waals surface area contributed by atoms with Gasteiger partial charge in [0.05, 0.1) is 0 Å². The first-order valence-electron chi connectivity index (χ1n) is 6.71. The average Bonchev–Trinajstić information content (AvgIpc) is 2.92. The van der Waals surface area contributed by atoms with Crippen molar-refractivity contribution in [1.29, 1.82) is 0 Å². The van der Waals surface area contributed by atoms with Crippen LogP contribution in [0, 0.1) is 0 Å². The van der Waals surface area contributed by atoms with Crippen LogP contribution in [0.2, 0.25) is 0 Å². The summed E-state index contributed by atoms with van der Waals surface area (Å²) in [7, 11) is 0. The molecule has 0 aromatic carbocycles. The molecule has 4 nitrogen and oxygen atoms in total. The van der Waals surface area contributed by atoms with Crippen LogP contribution in [0.4, 0.5) is 5.82 Å². The van der Waals surface area contributed by atoms with Crippen LogP contribution in [0.5, 0.6) is 0 Å². The van der Waals surface area contributed by atoms with Gasteiger partial charge in [0.1, 0.15) is 5.82 Å². The first-order valence-corrected chi connectivity index (χ1v) is 7.65. The van der Waals surface area contributed by atoms with Crippen molar-refractivity contribution < 1.29 is 4.79 Å². The van der Waals surface area contributed by atoms with Crippen molar-refractivity contribution in [3.63, 3.8) is 0 Å². The number of carbonyl (C=O) groups is 1. The fraction of sp³-hybridized carbons (Fsp3) is 0.333. The standard InChI is InChI=1S/C15H19N3OS/c1-3-16-14-9-13(4-6-17-14)15(19)18-11(2)8-12-5-7-20-10-12/h4-7,9-11H,3,8H2,1-2H3,(H,16,17)(H,18,19). The number of pyridine rings is 1. The molecule has 2 aromatic heterocycles. The lowest BCUT2D eigenvalue weighted by atomic mass is 10.1. The lowest BCUT2D eigenvalue weighted by Gasteiger charge is -2.13. The Hall–Kier alpha value is -1.88. The van der Waals surface area contributed by atoms with Crippen LogP contribution in [0.3, 0.4) is 0 Å². The summed E-state index contributed by atoms with van der Waals surface area (Å²) < 4.78 is 0. The molecular weight excluding hydrogens is 270 g/mol. The zero-order valence-corrected chi connectivity index (χ0v) is 12.5. The minimum absolute atomic E-state index is 0.0608. The number of nitrogens with one attached hydrogen (secondary N) is 2. The van der Waals surface area contributed by atoms with E-state index in [0.29, 0.717) is 5.56 Å². The molecule has 0 saturated heterocycles. The van der Waals surface area contributed by atoms with Gasteiger partial charge in [-0.1, -0.05) is 0 Å². The monoisotopic (exact) mass is 289 g/mol. The molecule has 2 N–H and O–H groups in total. The molecule has 1 atom stereocenters. The van der Waals surface area contributed by atoms with E-state index in [9.17, 15) is 4.79 Å². The van der Waals surface area contributed by atoms with Crippen molar-refractivity contribution in [2.75, 3.05) is 11.9 Å². The van der Waals surface area contributed by atoms with Crippen molar-refractivity contribution in [2.24, 2.45) is 0 Å². The maximum Gasteiger partial charge on any atom is 0.251 e. The highest BCUT2D eigenvalue weighted by molar-refractivity contribution is 7.07. The predicted octanol–water partition coefficient (Wildman–Crippen LogP) is 2.94. The van der Waals surface area contributed by atoms with Crippen molar-refractivity contribution in [1.82, 2.24) is 10.3 Å². The molecule has 0 radical (unpaired) electrons. The molecule has 2 heterocycles. The summed E-state index contributed by atoms with van der Waals surface area (Å²) in [5.41, 5.74) is 1.89. The summed E-state index contributed by atoms with van der Waals surface area (Å²) in [4.78, 5) is 16.3. The number of hydrogen-bond acceptors (Lipinski definition) is 4. The zero-order valence-electron chi connectivity index (χ0n) is 11.7. The van der Waals surface area contributed by atoms with Gasteiger partial charge < -0.3 is 10.6 Å². The van der Waals surface area contributed by atoms with Gasteiger partial charge in [-0.25, -0.2) is 4.98 Å². The van der Waals surface area contributed by atoms with Crippen molar-refractivity contribution in [3.05, 3.63) is 46.3 Å². The molecule has 2 rings (SSSR count). The number of nitrogens with zero attached hydrogens (tertiary/aromatic N) is 1. The molecule has 0 saturated carbocycles. The normalized spacial score (nSPS) is 11.9. The summed E-state index contributed by atoms with van der Waals surface area (Å²) in [6.07, 6.45) is 2.50. The van der Waals surface area contributed by atoms with E-state index in [-0.39, 0.29) is 11.9 Å². The third-order valence-corrected chi connectivity index (χ3v) is 3.61. The van der Waals surface area contributed by atoms with Crippen LogP contribution in [0.25, 0.3) is 0 Å². The van der Waals surface area contributed by atoms with E-state index in [0.717, 1.165) is 18.8 Å². The van der Waals surface area contributed by atoms with Gasteiger partial charge in [-0.05, 0) is 54.8 Å². The molecule has 5 heteroatoms. The highest BCUT2D eigenvalue weighted by Gasteiger charge is 2.11. The average molecular weight is 289 g/mol. The maximum absolute atomic E-state index is 12.2. The Bertz CT molecular complexity index is 554. The quantitative estimate of drug-likeness (QED) is 0.859. The molecule has 0 aliphatic rings. The summed E-state index contributed by atoms with van der Waals surface area (Å²) in [5, 5.41) is 10.3. The molecular formula is C15H19N3OS. The van der Waals surface area contributed by atoms with E-state index in [1.54, 1.807) is 29.7 Å². The second-order valence-corrected chi connectivity index (χ2v) is 5.45. The van der Waals surface area contributed by atoms with E-state index in [2.05, 4.69) is 32.4 Å². The molecule has 0 aliphatic heterocycles. The van der Waals surface area contributed by atoms with Gasteiger partial charge in [0.15, 0.2) is 0 Å². The van der Waals surface area contributed by atoms with Crippen LogP contribution in [-0.4, -0.2) is 23.5 Å². The van der Waals surface area contributed by atoms with Crippen LogP contribution >= 0.6 is 11.3 Å². The molecule has 0 fully saturated rings. The molecule has 106 valence electrons. The van der Waals surface area contributed by atoms with Gasteiger partial charge in [0.2, 0.25) is 0 Å². The summed E-state index contributed by atoms with van der Waals surface area (Å²) in [5.74, 6) is 0.667. The molecule has 1 unspecified atom stereocenters. The largest absolute Gasteiger partial charge is 0.370 e. The SMILES string of the molecule is CCNc1cc(C(=O)NC(C)Cc2ccsc2)ccn1. The van der Waals surface area contributed by atoms with E-state index < -0.39 is 0 Å². The summed E-state index contributed by atoms with van der Waals surface area (Å²) >= 11 is 1.68. The fourth-order valence-corrected chi connectivity index (χ4v) is 2.65. The lowest BCUT2D eigenvalue weighted by Crippen LogP contribution is -2.34. The smallest absolute Gasteiger partial charge is 0.251 e. The van der Waals surface area contributed by atoms with Crippen molar-refractivity contribution in [3.8, 4) is 0 Å². The first-order chi connectivity index (χ1) is 9.69. The van der Waals surface area contributed by atoms with E-state index in [4.69, 9.17) is 0 Å². The Balaban J connectivity index is 1.95. The highest BCUT2D eigenvalue weighted by atomic mass is 32.1. The first kappa shape index (κ1) is 14.5. The molecule has 0 aliphatic carbocycles. The van der Waals surface area contributed by atoms with Crippen LogP contribution in [0.15, 0.2) is 35.2 Å². The molecule has 2 aromatic rings. The Kier molecular flexibility index (Phi) is 5.12. The van der Waals surface area contributed by atoms with Crippen molar-refractivity contribution in [2.45, 2.75) is 26.3 Å². The van der Waals surface area contributed by atoms with Crippen LogP contribution in [-0.2, 0) is 6.42 Å². The topological polar surface area (TPSA) is 54.0 Å². The number of carbonyl (C=O) groups excluding carboxylic acids is 1. The van der Waals surface area contributed by atoms with Gasteiger partial charge in [-0.2, -0.15) is 11.3 Å². The van der Waals surface area contributed by atoms with Crippen LogP contribution < -0.4 is 10.6 Å². The Morgan fingerprint density at radius 1 is 1.45 bits per heavy atom. The number of rotatable bonds is 6. The third-order valence-electron chi connectivity index (χ3n) is 2.88. The molecule has 1 amide bonds. The van der Waals surface area contributed by atoms with Gasteiger partial charge in [0.25, 0.3) is 5.91 Å². The van der Waals surface area contributed by atoms with Crippen molar-refractivity contribution >= 4 is 23.1 Å². The Labute approximate surface area is 123 Å². The zero-order chi connectivity index (χ0) is 14.4. The number of hydrogen-bond donors (Lipinski definition) is 2. The second kappa shape index (κ2) is 7.05. The number of aromatic nitrogens is 1. The fourth-order valence-electron chi connectivity index (χ4n) is 1.97.